The molecule has 0 spiro atoms. The van der Waals surface area contributed by atoms with Gasteiger partial charge in [0.05, 0.1) is 0 Å². The number of rotatable bonds is 7. The predicted octanol–water partition coefficient (Wildman–Crippen LogP) is 5.69. The Labute approximate surface area is 207 Å². The summed E-state index contributed by atoms with van der Waals surface area (Å²) < 4.78 is 18.4. The molecular weight excluding hydrogens is 506 g/mol. The van der Waals surface area contributed by atoms with Crippen molar-refractivity contribution in [1.29, 1.82) is 0 Å². The van der Waals surface area contributed by atoms with Gasteiger partial charge in [0.25, 0.3) is 0 Å². The average molecular weight is 527 g/mol. The number of carbonyl (C=O) groups is 1. The molecule has 0 atom stereocenters. The van der Waals surface area contributed by atoms with Gasteiger partial charge in [0.1, 0.15) is 0 Å². The van der Waals surface area contributed by atoms with Gasteiger partial charge in [-0.05, 0) is 0 Å². The van der Waals surface area contributed by atoms with Gasteiger partial charge in [-0.3, -0.25) is 0 Å². The first kappa shape index (κ1) is 22.5. The number of benzene rings is 2. The van der Waals surface area contributed by atoms with E-state index in [4.69, 9.17) is 10.6 Å². The summed E-state index contributed by atoms with van der Waals surface area (Å²) in [6, 6.07) is 23.1. The summed E-state index contributed by atoms with van der Waals surface area (Å²) in [5.41, 5.74) is 3.17. The second kappa shape index (κ2) is 9.88. The molecule has 3 aromatic heterocycles. The van der Waals surface area contributed by atoms with E-state index in [0.29, 0.717) is 22.5 Å². The zero-order chi connectivity index (χ0) is 23.5. The minimum absolute atomic E-state index is 0.173. The van der Waals surface area contributed by atoms with E-state index in [2.05, 4.69) is 9.97 Å². The molecule has 34 heavy (non-hydrogen) atoms. The van der Waals surface area contributed by atoms with Crippen molar-refractivity contribution in [3.63, 3.8) is 0 Å². The van der Waals surface area contributed by atoms with Crippen molar-refractivity contribution in [2.75, 3.05) is 0 Å². The van der Waals surface area contributed by atoms with E-state index in [1.165, 1.54) is 11.3 Å². The molecular formula is C26H21GaN2O4S. The number of nitrogens with zero attached hydrogens (tertiary/aromatic N) is 2. The van der Waals surface area contributed by atoms with Gasteiger partial charge in [0.2, 0.25) is 0 Å². The zero-order valence-corrected chi connectivity index (χ0v) is 22.0. The van der Waals surface area contributed by atoms with Crippen molar-refractivity contribution in [2.45, 2.75) is 20.3 Å². The van der Waals surface area contributed by atoms with Crippen LogP contribution in [0.4, 0.5) is 0 Å². The second-order valence-corrected chi connectivity index (χ2v) is 11.6. The van der Waals surface area contributed by atoms with Crippen LogP contribution in [0.15, 0.2) is 78.2 Å². The Morgan fingerprint density at radius 1 is 0.794 bits per heavy atom. The first-order chi connectivity index (χ1) is 16.5. The van der Waals surface area contributed by atoms with Crippen LogP contribution in [0.5, 0.6) is 11.5 Å². The molecule has 5 aromatic rings. The van der Waals surface area contributed by atoms with E-state index >= 15 is 0 Å². The van der Waals surface area contributed by atoms with Crippen LogP contribution in [-0.2, 0) is 14.7 Å². The topological polar surface area (TPSA) is 70.5 Å². The number of hydrogen-bond donors (Lipinski definition) is 0. The van der Waals surface area contributed by atoms with Gasteiger partial charge >= 0.3 is 208 Å². The number of fused-ring (bicyclic) bond motifs is 2. The number of para-hydroxylation sites is 2. The molecule has 0 bridgehead atoms. The van der Waals surface area contributed by atoms with Crippen LogP contribution in [0.3, 0.4) is 0 Å². The summed E-state index contributed by atoms with van der Waals surface area (Å²) in [4.78, 5) is 23.0. The number of pyridine rings is 2. The Hall–Kier alpha value is -3.33. The Morgan fingerprint density at radius 3 is 1.91 bits per heavy atom. The summed E-state index contributed by atoms with van der Waals surface area (Å²) in [6.07, 6.45) is 0.173. The van der Waals surface area contributed by atoms with Gasteiger partial charge in [0, 0.05) is 0 Å². The first-order valence-corrected chi connectivity index (χ1v) is 14.7. The number of hydrogen-bond acceptors (Lipinski definition) is 7. The van der Waals surface area contributed by atoms with Gasteiger partial charge in [-0.25, -0.2) is 0 Å². The van der Waals surface area contributed by atoms with Crippen LogP contribution in [0, 0.1) is 13.8 Å². The molecule has 0 unspecified atom stereocenters. The third-order valence-corrected chi connectivity index (χ3v) is 8.92. The van der Waals surface area contributed by atoms with E-state index in [-0.39, 0.29) is 12.4 Å². The molecule has 3 heterocycles. The number of aromatic nitrogens is 2. The number of thiophene rings is 1. The molecule has 0 saturated heterocycles. The Bertz CT molecular complexity index is 1390. The summed E-state index contributed by atoms with van der Waals surface area (Å²) >= 11 is -2.13. The van der Waals surface area contributed by atoms with E-state index < -0.39 is 17.3 Å². The molecule has 8 heteroatoms. The number of aryl methyl sites for hydroxylation is 2. The van der Waals surface area contributed by atoms with Crippen molar-refractivity contribution in [2.24, 2.45) is 0 Å². The molecule has 2 aromatic carbocycles. The van der Waals surface area contributed by atoms with E-state index in [9.17, 15) is 4.79 Å². The van der Waals surface area contributed by atoms with Crippen molar-refractivity contribution < 1.29 is 15.4 Å². The van der Waals surface area contributed by atoms with Crippen LogP contribution >= 0.6 is 11.3 Å². The molecule has 168 valence electrons. The fourth-order valence-corrected chi connectivity index (χ4v) is 6.90. The van der Waals surface area contributed by atoms with Crippen LogP contribution in [0.2, 0.25) is 0 Å². The average Bonchev–Trinajstić information content (AvgIpc) is 3.32. The monoisotopic (exact) mass is 526 g/mol. The maximum absolute atomic E-state index is 12.8. The van der Waals surface area contributed by atoms with Crippen LogP contribution < -0.4 is 7.06 Å². The molecule has 0 aliphatic carbocycles. The second-order valence-electron chi connectivity index (χ2n) is 7.83. The van der Waals surface area contributed by atoms with E-state index in [1.54, 1.807) is 0 Å². The summed E-state index contributed by atoms with van der Waals surface area (Å²) in [6.45, 7) is 3.85. The summed E-state index contributed by atoms with van der Waals surface area (Å²) in [5.74, 6) is 0.709. The summed E-state index contributed by atoms with van der Waals surface area (Å²) in [5, 5.41) is 3.82. The van der Waals surface area contributed by atoms with Crippen LogP contribution in [-0.4, -0.2) is 33.2 Å². The van der Waals surface area contributed by atoms with Gasteiger partial charge < -0.3 is 0 Å². The van der Waals surface area contributed by atoms with Crippen molar-refractivity contribution >= 4 is 56.4 Å². The molecule has 0 fully saturated rings. The van der Waals surface area contributed by atoms with E-state index in [0.717, 1.165) is 27.0 Å². The zero-order valence-electron chi connectivity index (χ0n) is 18.7. The Morgan fingerprint density at radius 2 is 1.38 bits per heavy atom. The predicted molar refractivity (Wildman–Crippen MR) is 134 cm³/mol. The molecule has 0 radical (unpaired) electrons. The fourth-order valence-electron chi connectivity index (χ4n) is 3.61. The Balaban J connectivity index is 1.48. The molecule has 6 nitrogen and oxygen atoms in total. The third-order valence-electron chi connectivity index (χ3n) is 5.22. The van der Waals surface area contributed by atoms with Gasteiger partial charge in [0.15, 0.2) is 0 Å². The van der Waals surface area contributed by atoms with Crippen molar-refractivity contribution in [3.05, 3.63) is 94.4 Å². The normalized spacial score (nSPS) is 10.9. The molecule has 0 amide bonds. The number of carbonyl (C=O) groups excluding carboxylic acids is 1. The third kappa shape index (κ3) is 5.09. The summed E-state index contributed by atoms with van der Waals surface area (Å²) in [7, 11) is 0. The maximum atomic E-state index is 12.8. The van der Waals surface area contributed by atoms with Gasteiger partial charge in [-0.2, -0.15) is 0 Å². The Kier molecular flexibility index (Phi) is 6.53. The van der Waals surface area contributed by atoms with Crippen LogP contribution in [0.25, 0.3) is 21.8 Å². The van der Waals surface area contributed by atoms with Crippen molar-refractivity contribution in [3.8, 4) is 11.5 Å². The molecule has 5 rings (SSSR count). The molecule has 0 aliphatic heterocycles. The van der Waals surface area contributed by atoms with Crippen molar-refractivity contribution in [1.82, 2.24) is 9.97 Å². The van der Waals surface area contributed by atoms with Crippen LogP contribution in [0.1, 0.15) is 16.3 Å². The van der Waals surface area contributed by atoms with Gasteiger partial charge in [-0.15, -0.1) is 0 Å². The molecule has 0 aliphatic rings. The quantitative estimate of drug-likeness (QED) is 0.254. The molecule has 0 N–H and O–H groups in total. The first-order valence-electron chi connectivity index (χ1n) is 10.8. The SMILES string of the molecule is Cc1ccc2cccc([O][Ga]([O]C(=O)Cc3cccs3)[O]c3cccc4ccc(C)nc34)c2n1. The standard InChI is InChI=1S/2C10H9NO.C6H6O2S.Ga/c2*1-7-5-6-8-3-2-4-9(12)10(8)11-7;7-6(8)4-5-2-1-3-9-5;/h2*2-6,12H,1H3;1-3H,4H2,(H,7,8);/q;;;+3/p-3. The minimum atomic E-state index is -3.64. The van der Waals surface area contributed by atoms with Gasteiger partial charge in [-0.1, -0.05) is 0 Å². The molecule has 0 saturated carbocycles. The van der Waals surface area contributed by atoms with E-state index in [1.807, 2.05) is 92.0 Å². The fraction of sp³-hybridized carbons (Fsp3) is 0.115.